The Kier molecular flexibility index (Phi) is 4.34. The number of rotatable bonds is 4. The Balaban J connectivity index is 2.24. The number of anilines is 1. The summed E-state index contributed by atoms with van der Waals surface area (Å²) in [5, 5.41) is 13.8. The van der Waals surface area contributed by atoms with Gasteiger partial charge in [-0.3, -0.25) is 10.1 Å². The molecule has 0 aliphatic carbocycles. The molecule has 0 saturated heterocycles. The van der Waals surface area contributed by atoms with E-state index in [1.54, 1.807) is 31.2 Å². The van der Waals surface area contributed by atoms with Crippen LogP contribution in [-0.4, -0.2) is 4.92 Å². The second-order valence-corrected chi connectivity index (χ2v) is 5.12. The number of hydrogen-bond donors (Lipinski definition) is 1. The van der Waals surface area contributed by atoms with Crippen molar-refractivity contribution in [3.05, 3.63) is 67.9 Å². The van der Waals surface area contributed by atoms with Gasteiger partial charge in [0.25, 0.3) is 5.69 Å². The van der Waals surface area contributed by atoms with Crippen LogP contribution in [0.25, 0.3) is 0 Å². The third-order valence-corrected chi connectivity index (χ3v) is 3.69. The zero-order valence-corrected chi connectivity index (χ0v) is 12.3. The molecule has 0 aromatic heterocycles. The van der Waals surface area contributed by atoms with Crippen molar-refractivity contribution in [1.82, 2.24) is 0 Å². The van der Waals surface area contributed by atoms with E-state index in [1.807, 2.05) is 0 Å². The van der Waals surface area contributed by atoms with E-state index in [9.17, 15) is 14.5 Å². The molecule has 6 heteroatoms. The molecule has 4 nitrogen and oxygen atoms in total. The average Bonchev–Trinajstić information content (AvgIpc) is 2.39. The summed E-state index contributed by atoms with van der Waals surface area (Å²) in [7, 11) is 0. The quantitative estimate of drug-likeness (QED) is 0.663. The van der Waals surface area contributed by atoms with Crippen molar-refractivity contribution in [1.29, 1.82) is 0 Å². The van der Waals surface area contributed by atoms with Crippen LogP contribution in [0.2, 0.25) is 0 Å². The minimum atomic E-state index is -0.419. The summed E-state index contributed by atoms with van der Waals surface area (Å²) in [6.45, 7) is 2.00. The summed E-state index contributed by atoms with van der Waals surface area (Å²) >= 11 is 3.27. The van der Waals surface area contributed by atoms with Gasteiger partial charge >= 0.3 is 0 Å². The molecule has 0 heterocycles. The summed E-state index contributed by atoms with van der Waals surface area (Å²) in [4.78, 5) is 10.5. The number of nitro groups is 1. The molecule has 0 radical (unpaired) electrons. The van der Waals surface area contributed by atoms with Crippen molar-refractivity contribution in [2.75, 3.05) is 5.32 Å². The molecule has 104 valence electrons. The maximum absolute atomic E-state index is 13.7. The monoisotopic (exact) mass is 338 g/mol. The molecular formula is C14H12BrFN2O2. The number of nitrogens with one attached hydrogen (secondary N) is 1. The standard InChI is InChI=1S/C14H12BrFN2O2/c1-9-10(4-2-7-13(9)18(19)20)8-17-14-11(15)5-3-6-12(14)16/h2-7,17H,8H2,1H3. The van der Waals surface area contributed by atoms with Crippen LogP contribution >= 0.6 is 15.9 Å². The first-order chi connectivity index (χ1) is 9.50. The van der Waals surface area contributed by atoms with Crippen LogP contribution in [0.5, 0.6) is 0 Å². The van der Waals surface area contributed by atoms with Crippen LogP contribution in [0, 0.1) is 22.9 Å². The molecular weight excluding hydrogens is 327 g/mol. The van der Waals surface area contributed by atoms with E-state index in [4.69, 9.17) is 0 Å². The van der Waals surface area contributed by atoms with Crippen LogP contribution in [0.3, 0.4) is 0 Å². The molecule has 0 atom stereocenters. The molecule has 20 heavy (non-hydrogen) atoms. The number of nitrogens with zero attached hydrogens (tertiary/aromatic N) is 1. The number of halogens is 2. The van der Waals surface area contributed by atoms with Gasteiger partial charge in [0.1, 0.15) is 5.82 Å². The highest BCUT2D eigenvalue weighted by molar-refractivity contribution is 9.10. The summed E-state index contributed by atoms with van der Waals surface area (Å²) in [6, 6.07) is 9.54. The van der Waals surface area contributed by atoms with Gasteiger partial charge in [-0.2, -0.15) is 0 Å². The van der Waals surface area contributed by atoms with Crippen LogP contribution < -0.4 is 5.32 Å². The lowest BCUT2D eigenvalue weighted by Crippen LogP contribution is -2.05. The van der Waals surface area contributed by atoms with E-state index in [0.717, 1.165) is 5.56 Å². The molecule has 2 rings (SSSR count). The number of benzene rings is 2. The highest BCUT2D eigenvalue weighted by Gasteiger charge is 2.13. The number of nitro benzene ring substituents is 1. The van der Waals surface area contributed by atoms with Crippen molar-refractivity contribution in [3.8, 4) is 0 Å². The minimum Gasteiger partial charge on any atom is -0.378 e. The molecule has 0 amide bonds. The first kappa shape index (κ1) is 14.5. The predicted octanol–water partition coefficient (Wildman–Crippen LogP) is 4.42. The minimum absolute atomic E-state index is 0.0666. The topological polar surface area (TPSA) is 55.2 Å². The predicted molar refractivity (Wildman–Crippen MR) is 79.3 cm³/mol. The van der Waals surface area contributed by atoms with Gasteiger partial charge in [0.15, 0.2) is 0 Å². The Bertz CT molecular complexity index is 641. The van der Waals surface area contributed by atoms with Crippen LogP contribution in [0.4, 0.5) is 15.8 Å². The van der Waals surface area contributed by atoms with E-state index < -0.39 is 4.92 Å². The van der Waals surface area contributed by atoms with Crippen molar-refractivity contribution >= 4 is 27.3 Å². The van der Waals surface area contributed by atoms with Gasteiger partial charge in [-0.1, -0.05) is 18.2 Å². The lowest BCUT2D eigenvalue weighted by molar-refractivity contribution is -0.385. The third-order valence-electron chi connectivity index (χ3n) is 3.03. The summed E-state index contributed by atoms with van der Waals surface area (Å²) in [5.41, 5.74) is 1.75. The molecule has 0 unspecified atom stereocenters. The van der Waals surface area contributed by atoms with Gasteiger partial charge < -0.3 is 5.32 Å². The molecule has 0 fully saturated rings. The zero-order valence-electron chi connectivity index (χ0n) is 10.7. The maximum Gasteiger partial charge on any atom is 0.272 e. The normalized spacial score (nSPS) is 10.3. The molecule has 0 spiro atoms. The SMILES string of the molecule is Cc1c(CNc2c(F)cccc2Br)cccc1[N+](=O)[O-]. The van der Waals surface area contributed by atoms with Gasteiger partial charge in [0.05, 0.1) is 10.6 Å². The van der Waals surface area contributed by atoms with Crippen LogP contribution in [0.15, 0.2) is 40.9 Å². The van der Waals surface area contributed by atoms with Gasteiger partial charge in [0, 0.05) is 22.6 Å². The molecule has 0 saturated carbocycles. The van der Waals surface area contributed by atoms with E-state index in [-0.39, 0.29) is 11.5 Å². The lowest BCUT2D eigenvalue weighted by atomic mass is 10.1. The lowest BCUT2D eigenvalue weighted by Gasteiger charge is -2.11. The molecule has 0 bridgehead atoms. The first-order valence-corrected chi connectivity index (χ1v) is 6.70. The highest BCUT2D eigenvalue weighted by Crippen LogP contribution is 2.27. The number of hydrogen-bond acceptors (Lipinski definition) is 3. The Morgan fingerprint density at radius 3 is 2.65 bits per heavy atom. The largest absolute Gasteiger partial charge is 0.378 e. The number of para-hydroxylation sites is 1. The Morgan fingerprint density at radius 2 is 2.00 bits per heavy atom. The summed E-state index contributed by atoms with van der Waals surface area (Å²) in [6.07, 6.45) is 0. The molecule has 2 aromatic carbocycles. The second kappa shape index (κ2) is 6.00. The van der Waals surface area contributed by atoms with Crippen molar-refractivity contribution < 1.29 is 9.31 Å². The summed E-state index contributed by atoms with van der Waals surface area (Å²) in [5.74, 6) is -0.373. The Labute approximate surface area is 123 Å². The third kappa shape index (κ3) is 2.96. The van der Waals surface area contributed by atoms with Crippen LogP contribution in [-0.2, 0) is 6.54 Å². The summed E-state index contributed by atoms with van der Waals surface area (Å²) < 4.78 is 14.3. The van der Waals surface area contributed by atoms with E-state index in [0.29, 0.717) is 22.3 Å². The van der Waals surface area contributed by atoms with Crippen molar-refractivity contribution in [2.45, 2.75) is 13.5 Å². The van der Waals surface area contributed by atoms with Gasteiger partial charge in [0.2, 0.25) is 0 Å². The highest BCUT2D eigenvalue weighted by atomic mass is 79.9. The molecule has 2 aromatic rings. The smallest absolute Gasteiger partial charge is 0.272 e. The molecule has 0 aliphatic rings. The van der Waals surface area contributed by atoms with Crippen LogP contribution in [0.1, 0.15) is 11.1 Å². The van der Waals surface area contributed by atoms with E-state index in [1.165, 1.54) is 12.1 Å². The van der Waals surface area contributed by atoms with E-state index >= 15 is 0 Å². The fraction of sp³-hybridized carbons (Fsp3) is 0.143. The van der Waals surface area contributed by atoms with Gasteiger partial charge in [-0.25, -0.2) is 4.39 Å². The van der Waals surface area contributed by atoms with Gasteiger partial charge in [-0.15, -0.1) is 0 Å². The average molecular weight is 339 g/mol. The Hall–Kier alpha value is -1.95. The van der Waals surface area contributed by atoms with Crippen molar-refractivity contribution in [3.63, 3.8) is 0 Å². The van der Waals surface area contributed by atoms with Crippen molar-refractivity contribution in [2.24, 2.45) is 0 Å². The fourth-order valence-corrected chi connectivity index (χ4v) is 2.39. The fourth-order valence-electron chi connectivity index (χ4n) is 1.91. The van der Waals surface area contributed by atoms with Gasteiger partial charge in [-0.05, 0) is 40.5 Å². The zero-order chi connectivity index (χ0) is 14.7. The Morgan fingerprint density at radius 1 is 1.30 bits per heavy atom. The second-order valence-electron chi connectivity index (χ2n) is 4.27. The van der Waals surface area contributed by atoms with E-state index in [2.05, 4.69) is 21.2 Å². The molecule has 1 N–H and O–H groups in total. The first-order valence-electron chi connectivity index (χ1n) is 5.91. The molecule has 0 aliphatic heterocycles. The maximum atomic E-state index is 13.7.